The Morgan fingerprint density at radius 2 is 0.872 bits per heavy atom. The predicted molar refractivity (Wildman–Crippen MR) is 189 cm³/mol. The molecule has 232 valence electrons. The number of hydrogen-bond acceptors (Lipinski definition) is 6. The van der Waals surface area contributed by atoms with E-state index in [9.17, 15) is 9.59 Å². The maximum absolute atomic E-state index is 13.0. The molecule has 7 aromatic carbocycles. The van der Waals surface area contributed by atoms with Gasteiger partial charge in [-0.3, -0.25) is 0 Å². The number of fused-ring (bicyclic) bond motifs is 4. The van der Waals surface area contributed by atoms with Crippen LogP contribution in [-0.2, 0) is 9.47 Å². The van der Waals surface area contributed by atoms with Crippen molar-refractivity contribution in [1.82, 2.24) is 0 Å². The lowest BCUT2D eigenvalue weighted by Gasteiger charge is -2.18. The lowest BCUT2D eigenvalue weighted by atomic mass is 10.0. The van der Waals surface area contributed by atoms with Crippen molar-refractivity contribution in [1.29, 1.82) is 0 Å². The average Bonchev–Trinajstić information content (AvgIpc) is 3.11. The minimum absolute atomic E-state index is 0.0756. The highest BCUT2D eigenvalue weighted by atomic mass is 79.9. The summed E-state index contributed by atoms with van der Waals surface area (Å²) in [6, 6.07) is 40.4. The molecule has 0 N–H and O–H groups in total. The van der Waals surface area contributed by atoms with E-state index in [0.717, 1.165) is 47.6 Å². The molecular formula is C40H29BrO6. The van der Waals surface area contributed by atoms with Crippen LogP contribution in [0.25, 0.3) is 43.1 Å². The molecule has 0 aliphatic carbocycles. The second-order valence-electron chi connectivity index (χ2n) is 10.9. The number of benzene rings is 7. The van der Waals surface area contributed by atoms with Gasteiger partial charge in [0.2, 0.25) is 0 Å². The standard InChI is InChI=1S/C40H29BrO6/c41-28-19-20-33-36(25-28)38(45-22-24-47-40(43)35-18-8-12-27-10-2-4-14-30(27)35)32-16-6-5-15-31(32)37(33)44-21-23-46-39(42)34-17-7-11-26-9-1-3-13-29(26)34/h1-20,25H,21-24H2. The first kappa shape index (κ1) is 30.3. The fourth-order valence-corrected chi connectivity index (χ4v) is 6.26. The maximum atomic E-state index is 13.0. The molecule has 6 nitrogen and oxygen atoms in total. The lowest BCUT2D eigenvalue weighted by molar-refractivity contribution is 0.0445. The van der Waals surface area contributed by atoms with Crippen molar-refractivity contribution in [2.24, 2.45) is 0 Å². The SMILES string of the molecule is O=C(OCCOc1c2ccccc2c(OCCOC(=O)c2cccc3ccccc23)c2cc(Br)ccc12)c1cccc2ccccc12. The highest BCUT2D eigenvalue weighted by Gasteiger charge is 2.18. The van der Waals surface area contributed by atoms with Crippen LogP contribution in [0.1, 0.15) is 20.7 Å². The number of hydrogen-bond donors (Lipinski definition) is 0. The molecule has 0 bridgehead atoms. The second-order valence-corrected chi connectivity index (χ2v) is 11.8. The van der Waals surface area contributed by atoms with E-state index in [0.29, 0.717) is 22.6 Å². The zero-order valence-corrected chi connectivity index (χ0v) is 26.9. The van der Waals surface area contributed by atoms with Crippen LogP contribution < -0.4 is 9.47 Å². The first-order chi connectivity index (χ1) is 23.1. The number of halogens is 1. The molecule has 0 aromatic heterocycles. The predicted octanol–water partition coefficient (Wildman–Crippen LogP) is 9.53. The molecule has 7 rings (SSSR count). The van der Waals surface area contributed by atoms with Crippen molar-refractivity contribution in [2.45, 2.75) is 0 Å². The minimum Gasteiger partial charge on any atom is -0.489 e. The van der Waals surface area contributed by atoms with E-state index in [1.165, 1.54) is 0 Å². The molecule has 0 saturated heterocycles. The number of ether oxygens (including phenoxy) is 4. The Morgan fingerprint density at radius 1 is 0.447 bits per heavy atom. The molecule has 0 spiro atoms. The number of carbonyl (C=O) groups excluding carboxylic acids is 2. The van der Waals surface area contributed by atoms with E-state index < -0.39 is 11.9 Å². The van der Waals surface area contributed by atoms with Crippen molar-refractivity contribution in [3.8, 4) is 11.5 Å². The molecule has 0 heterocycles. The minimum atomic E-state index is -0.396. The molecule has 0 unspecified atom stereocenters. The Bertz CT molecular complexity index is 2270. The summed E-state index contributed by atoms with van der Waals surface area (Å²) in [4.78, 5) is 25.9. The normalized spacial score (nSPS) is 11.2. The van der Waals surface area contributed by atoms with Crippen molar-refractivity contribution < 1.29 is 28.5 Å². The lowest BCUT2D eigenvalue weighted by Crippen LogP contribution is -2.14. The first-order valence-electron chi connectivity index (χ1n) is 15.3. The third kappa shape index (κ3) is 6.22. The van der Waals surface area contributed by atoms with Crippen LogP contribution in [0.15, 0.2) is 132 Å². The van der Waals surface area contributed by atoms with Crippen LogP contribution in [0.3, 0.4) is 0 Å². The van der Waals surface area contributed by atoms with Gasteiger partial charge in [-0.25, -0.2) is 9.59 Å². The van der Waals surface area contributed by atoms with Gasteiger partial charge in [-0.15, -0.1) is 0 Å². The zero-order chi connectivity index (χ0) is 32.2. The summed E-state index contributed by atoms with van der Waals surface area (Å²) in [5.41, 5.74) is 1.04. The largest absolute Gasteiger partial charge is 0.489 e. The maximum Gasteiger partial charge on any atom is 0.338 e. The van der Waals surface area contributed by atoms with Crippen molar-refractivity contribution >= 4 is 71.0 Å². The Kier molecular flexibility index (Phi) is 8.71. The smallest absolute Gasteiger partial charge is 0.338 e. The summed E-state index contributed by atoms with van der Waals surface area (Å²) in [6.07, 6.45) is 0. The summed E-state index contributed by atoms with van der Waals surface area (Å²) in [7, 11) is 0. The zero-order valence-electron chi connectivity index (χ0n) is 25.3. The molecule has 0 amide bonds. The molecular weight excluding hydrogens is 656 g/mol. The quantitative estimate of drug-likeness (QED) is 0.0812. The Morgan fingerprint density at radius 3 is 1.40 bits per heavy atom. The van der Waals surface area contributed by atoms with E-state index >= 15 is 0 Å². The first-order valence-corrected chi connectivity index (χ1v) is 16.1. The third-order valence-electron chi connectivity index (χ3n) is 8.03. The van der Waals surface area contributed by atoms with Gasteiger partial charge in [0.1, 0.15) is 37.9 Å². The van der Waals surface area contributed by atoms with Gasteiger partial charge >= 0.3 is 11.9 Å². The van der Waals surface area contributed by atoms with Crippen LogP contribution in [0.5, 0.6) is 11.5 Å². The summed E-state index contributed by atoms with van der Waals surface area (Å²) < 4.78 is 24.8. The van der Waals surface area contributed by atoms with Gasteiger partial charge in [-0.05, 0) is 51.9 Å². The Hall–Kier alpha value is -5.40. The molecule has 7 aromatic rings. The van der Waals surface area contributed by atoms with E-state index in [2.05, 4.69) is 15.9 Å². The van der Waals surface area contributed by atoms with Crippen molar-refractivity contribution in [2.75, 3.05) is 26.4 Å². The Balaban J connectivity index is 1.08. The van der Waals surface area contributed by atoms with E-state index in [4.69, 9.17) is 18.9 Å². The number of carbonyl (C=O) groups is 2. The molecule has 0 atom stereocenters. The topological polar surface area (TPSA) is 71.1 Å². The molecule has 0 aliphatic rings. The molecule has 0 aliphatic heterocycles. The van der Waals surface area contributed by atoms with Gasteiger partial charge in [0, 0.05) is 26.0 Å². The highest BCUT2D eigenvalue weighted by molar-refractivity contribution is 9.10. The summed E-state index contributed by atoms with van der Waals surface area (Å²) >= 11 is 3.60. The molecule has 0 saturated carbocycles. The highest BCUT2D eigenvalue weighted by Crippen LogP contribution is 2.43. The van der Waals surface area contributed by atoms with Gasteiger partial charge in [0.25, 0.3) is 0 Å². The third-order valence-corrected chi connectivity index (χ3v) is 8.53. The van der Waals surface area contributed by atoms with Crippen LogP contribution >= 0.6 is 15.9 Å². The monoisotopic (exact) mass is 684 g/mol. The molecule has 7 heteroatoms. The summed E-state index contributed by atoms with van der Waals surface area (Å²) in [5, 5.41) is 7.03. The molecule has 47 heavy (non-hydrogen) atoms. The van der Waals surface area contributed by atoms with Gasteiger partial charge in [-0.2, -0.15) is 0 Å². The Labute approximate surface area is 279 Å². The fraction of sp³-hybridized carbons (Fsp3) is 0.100. The summed E-state index contributed by atoms with van der Waals surface area (Å²) in [5.74, 6) is 0.536. The van der Waals surface area contributed by atoms with Gasteiger partial charge < -0.3 is 18.9 Å². The van der Waals surface area contributed by atoms with Gasteiger partial charge in [0.05, 0.1) is 11.1 Å². The second kappa shape index (κ2) is 13.5. The van der Waals surface area contributed by atoms with Crippen molar-refractivity contribution in [3.05, 3.63) is 143 Å². The van der Waals surface area contributed by atoms with Crippen LogP contribution in [0.4, 0.5) is 0 Å². The molecule has 0 radical (unpaired) electrons. The van der Waals surface area contributed by atoms with Crippen LogP contribution in [0, 0.1) is 0 Å². The van der Waals surface area contributed by atoms with Crippen LogP contribution in [-0.4, -0.2) is 38.4 Å². The fourth-order valence-electron chi connectivity index (χ4n) is 5.90. The van der Waals surface area contributed by atoms with Crippen LogP contribution in [0.2, 0.25) is 0 Å². The van der Waals surface area contributed by atoms with Gasteiger partial charge in [-0.1, -0.05) is 113 Å². The van der Waals surface area contributed by atoms with E-state index in [1.54, 1.807) is 12.1 Å². The molecule has 0 fully saturated rings. The van der Waals surface area contributed by atoms with E-state index in [1.807, 2.05) is 115 Å². The number of rotatable bonds is 10. The van der Waals surface area contributed by atoms with Crippen molar-refractivity contribution in [3.63, 3.8) is 0 Å². The summed E-state index contributed by atoms with van der Waals surface area (Å²) in [6.45, 7) is 0.476. The van der Waals surface area contributed by atoms with Gasteiger partial charge in [0.15, 0.2) is 0 Å². The number of esters is 2. The average molecular weight is 686 g/mol. The van der Waals surface area contributed by atoms with E-state index in [-0.39, 0.29) is 26.4 Å².